The molecule has 1 unspecified atom stereocenters. The lowest BCUT2D eigenvalue weighted by Crippen LogP contribution is -2.45. The van der Waals surface area contributed by atoms with E-state index >= 15 is 0 Å². The number of nitrogens with one attached hydrogen (secondary N) is 1. The summed E-state index contributed by atoms with van der Waals surface area (Å²) in [5, 5.41) is 3.09. The van der Waals surface area contributed by atoms with Crippen LogP contribution in [-0.2, 0) is 9.53 Å². The summed E-state index contributed by atoms with van der Waals surface area (Å²) < 4.78 is 16.2. The minimum Gasteiger partial charge on any atom is -0.493 e. The van der Waals surface area contributed by atoms with Crippen molar-refractivity contribution in [3.8, 4) is 11.5 Å². The molecule has 0 bridgehead atoms. The standard InChI is InChI=1S/C19H30N2O4/c1-19(2,3)18(22)20-13-15(21-8-10-25-11-9-21)14-6-7-16(23-4)17(12-14)24-5/h6-7,12,15H,8-11,13H2,1-5H3,(H,20,22). The fourth-order valence-corrected chi connectivity index (χ4v) is 2.86. The molecule has 1 atom stereocenters. The summed E-state index contributed by atoms with van der Waals surface area (Å²) in [4.78, 5) is 14.6. The second-order valence-electron chi connectivity index (χ2n) is 7.24. The average Bonchev–Trinajstić information content (AvgIpc) is 2.61. The molecule has 6 nitrogen and oxygen atoms in total. The number of nitrogens with zero attached hydrogens (tertiary/aromatic N) is 1. The fourth-order valence-electron chi connectivity index (χ4n) is 2.86. The molecule has 0 radical (unpaired) electrons. The molecule has 1 saturated heterocycles. The summed E-state index contributed by atoms with van der Waals surface area (Å²) in [6.07, 6.45) is 0. The number of methoxy groups -OCH3 is 2. The molecule has 0 aliphatic carbocycles. The third-order valence-electron chi connectivity index (χ3n) is 4.42. The van der Waals surface area contributed by atoms with Crippen molar-refractivity contribution in [1.82, 2.24) is 10.2 Å². The zero-order valence-corrected chi connectivity index (χ0v) is 15.9. The van der Waals surface area contributed by atoms with Crippen molar-refractivity contribution in [2.45, 2.75) is 26.8 Å². The van der Waals surface area contributed by atoms with E-state index in [9.17, 15) is 4.79 Å². The number of hydrogen-bond donors (Lipinski definition) is 1. The number of benzene rings is 1. The number of rotatable bonds is 6. The van der Waals surface area contributed by atoms with Crippen LogP contribution in [0.2, 0.25) is 0 Å². The van der Waals surface area contributed by atoms with E-state index in [0.717, 1.165) is 18.7 Å². The lowest BCUT2D eigenvalue weighted by molar-refractivity contribution is -0.128. The van der Waals surface area contributed by atoms with Crippen molar-refractivity contribution in [3.63, 3.8) is 0 Å². The van der Waals surface area contributed by atoms with Gasteiger partial charge >= 0.3 is 0 Å². The summed E-state index contributed by atoms with van der Waals surface area (Å²) in [7, 11) is 3.26. The van der Waals surface area contributed by atoms with Crippen LogP contribution in [0.15, 0.2) is 18.2 Å². The Hall–Kier alpha value is -1.79. The Morgan fingerprint density at radius 2 is 1.84 bits per heavy atom. The zero-order valence-electron chi connectivity index (χ0n) is 15.9. The Bertz CT molecular complexity index is 577. The highest BCUT2D eigenvalue weighted by molar-refractivity contribution is 5.81. The molecule has 140 valence electrons. The quantitative estimate of drug-likeness (QED) is 0.853. The van der Waals surface area contributed by atoms with Crippen LogP contribution in [0.3, 0.4) is 0 Å². The number of morpholine rings is 1. The normalized spacial score (nSPS) is 17.0. The van der Waals surface area contributed by atoms with E-state index in [1.165, 1.54) is 0 Å². The van der Waals surface area contributed by atoms with Gasteiger partial charge in [-0.1, -0.05) is 26.8 Å². The van der Waals surface area contributed by atoms with Gasteiger partial charge in [0.05, 0.1) is 33.5 Å². The van der Waals surface area contributed by atoms with Crippen LogP contribution in [0, 0.1) is 5.41 Å². The van der Waals surface area contributed by atoms with Crippen molar-refractivity contribution >= 4 is 5.91 Å². The van der Waals surface area contributed by atoms with E-state index in [-0.39, 0.29) is 11.9 Å². The monoisotopic (exact) mass is 350 g/mol. The number of hydrogen-bond acceptors (Lipinski definition) is 5. The summed E-state index contributed by atoms with van der Waals surface area (Å²) in [6, 6.07) is 6.00. The van der Waals surface area contributed by atoms with Gasteiger partial charge in [-0.05, 0) is 17.7 Å². The molecule has 1 amide bonds. The molecule has 2 rings (SSSR count). The Kier molecular flexibility index (Phi) is 6.67. The highest BCUT2D eigenvalue weighted by Gasteiger charge is 2.27. The molecule has 0 aromatic heterocycles. The first-order valence-corrected chi connectivity index (χ1v) is 8.69. The van der Waals surface area contributed by atoms with Crippen LogP contribution in [0.5, 0.6) is 11.5 Å². The van der Waals surface area contributed by atoms with E-state index < -0.39 is 5.41 Å². The Morgan fingerprint density at radius 3 is 2.40 bits per heavy atom. The van der Waals surface area contributed by atoms with Crippen LogP contribution in [0.4, 0.5) is 0 Å². The van der Waals surface area contributed by atoms with Crippen molar-refractivity contribution in [1.29, 1.82) is 0 Å². The van der Waals surface area contributed by atoms with Crippen LogP contribution < -0.4 is 14.8 Å². The molecule has 6 heteroatoms. The molecule has 25 heavy (non-hydrogen) atoms. The third kappa shape index (κ3) is 5.09. The molecule has 0 spiro atoms. The van der Waals surface area contributed by atoms with Gasteiger partial charge in [0, 0.05) is 25.0 Å². The second kappa shape index (κ2) is 8.54. The van der Waals surface area contributed by atoms with Gasteiger partial charge in [-0.3, -0.25) is 9.69 Å². The number of amides is 1. The molecule has 1 fully saturated rings. The lowest BCUT2D eigenvalue weighted by atomic mass is 9.95. The second-order valence-corrected chi connectivity index (χ2v) is 7.24. The first-order valence-electron chi connectivity index (χ1n) is 8.69. The molecule has 1 aliphatic heterocycles. The molecule has 1 heterocycles. The molecular formula is C19H30N2O4. The average molecular weight is 350 g/mol. The predicted molar refractivity (Wildman–Crippen MR) is 97.1 cm³/mol. The zero-order chi connectivity index (χ0) is 18.4. The van der Waals surface area contributed by atoms with E-state index in [2.05, 4.69) is 10.2 Å². The van der Waals surface area contributed by atoms with Gasteiger partial charge in [0.25, 0.3) is 0 Å². The Labute approximate surface area is 150 Å². The SMILES string of the molecule is COc1ccc(C(CNC(=O)C(C)(C)C)N2CCOCC2)cc1OC. The maximum absolute atomic E-state index is 12.3. The molecule has 1 N–H and O–H groups in total. The predicted octanol–water partition coefficient (Wildman–Crippen LogP) is 2.24. The number of ether oxygens (including phenoxy) is 3. The molecule has 1 aromatic carbocycles. The number of carbonyl (C=O) groups is 1. The highest BCUT2D eigenvalue weighted by Crippen LogP contribution is 2.32. The fraction of sp³-hybridized carbons (Fsp3) is 0.632. The van der Waals surface area contributed by atoms with Gasteiger partial charge in [-0.15, -0.1) is 0 Å². The van der Waals surface area contributed by atoms with E-state index in [4.69, 9.17) is 14.2 Å². The van der Waals surface area contributed by atoms with Gasteiger partial charge in [-0.2, -0.15) is 0 Å². The first-order chi connectivity index (χ1) is 11.9. The molecule has 1 aliphatic rings. The number of carbonyl (C=O) groups excluding carboxylic acids is 1. The van der Waals surface area contributed by atoms with Gasteiger partial charge in [0.2, 0.25) is 5.91 Å². The van der Waals surface area contributed by atoms with E-state index in [1.54, 1.807) is 14.2 Å². The minimum atomic E-state index is -0.410. The summed E-state index contributed by atoms with van der Waals surface area (Å²) in [5.41, 5.74) is 0.682. The summed E-state index contributed by atoms with van der Waals surface area (Å²) >= 11 is 0. The van der Waals surface area contributed by atoms with Gasteiger partial charge < -0.3 is 19.5 Å². The molecular weight excluding hydrogens is 320 g/mol. The minimum absolute atomic E-state index is 0.0474. The van der Waals surface area contributed by atoms with E-state index in [0.29, 0.717) is 31.3 Å². The van der Waals surface area contributed by atoms with E-state index in [1.807, 2.05) is 39.0 Å². The van der Waals surface area contributed by atoms with Crippen LogP contribution in [0.25, 0.3) is 0 Å². The molecule has 1 aromatic rings. The smallest absolute Gasteiger partial charge is 0.225 e. The molecule has 0 saturated carbocycles. The lowest BCUT2D eigenvalue weighted by Gasteiger charge is -2.35. The Balaban J connectivity index is 2.23. The summed E-state index contributed by atoms with van der Waals surface area (Å²) in [6.45, 7) is 9.39. The highest BCUT2D eigenvalue weighted by atomic mass is 16.5. The maximum atomic E-state index is 12.3. The summed E-state index contributed by atoms with van der Waals surface area (Å²) in [5.74, 6) is 1.44. The van der Waals surface area contributed by atoms with Crippen molar-refractivity contribution in [2.75, 3.05) is 47.1 Å². The third-order valence-corrected chi connectivity index (χ3v) is 4.42. The topological polar surface area (TPSA) is 60.0 Å². The Morgan fingerprint density at radius 1 is 1.20 bits per heavy atom. The van der Waals surface area contributed by atoms with Crippen molar-refractivity contribution in [3.05, 3.63) is 23.8 Å². The van der Waals surface area contributed by atoms with Crippen LogP contribution >= 0.6 is 0 Å². The maximum Gasteiger partial charge on any atom is 0.225 e. The van der Waals surface area contributed by atoms with Gasteiger partial charge in [0.15, 0.2) is 11.5 Å². The van der Waals surface area contributed by atoms with Gasteiger partial charge in [-0.25, -0.2) is 0 Å². The first kappa shape index (κ1) is 19.5. The van der Waals surface area contributed by atoms with Crippen molar-refractivity contribution < 1.29 is 19.0 Å². The largest absolute Gasteiger partial charge is 0.493 e. The van der Waals surface area contributed by atoms with Crippen LogP contribution in [-0.4, -0.2) is 57.9 Å². The van der Waals surface area contributed by atoms with Crippen molar-refractivity contribution in [2.24, 2.45) is 5.41 Å². The van der Waals surface area contributed by atoms with Gasteiger partial charge in [0.1, 0.15) is 0 Å². The van der Waals surface area contributed by atoms with Crippen LogP contribution in [0.1, 0.15) is 32.4 Å².